The third-order valence-corrected chi connectivity index (χ3v) is 7.98. The molecule has 2 aliphatic heterocycles. The number of rotatable bonds is 3. The maximum absolute atomic E-state index is 14.5. The van der Waals surface area contributed by atoms with E-state index < -0.39 is 23.3 Å². The fraction of sp³-hybridized carbons (Fsp3) is 0.345. The zero-order chi connectivity index (χ0) is 24.2. The van der Waals surface area contributed by atoms with Crippen LogP contribution in [0, 0.1) is 11.6 Å². The molecule has 1 amide bonds. The van der Waals surface area contributed by atoms with E-state index in [0.29, 0.717) is 12.8 Å². The number of aliphatic hydroxyl groups is 1. The number of amides is 1. The molecule has 4 nitrogen and oxygen atoms in total. The second kappa shape index (κ2) is 8.45. The molecule has 1 aliphatic carbocycles. The SMILES string of the molecule is O=C(OCC1c2ccccc2-c2ccccc21)N1C2CCCC1CC(O)(c1cc(F)ccc1F)C2. The summed E-state index contributed by atoms with van der Waals surface area (Å²) >= 11 is 0. The Balaban J connectivity index is 1.22. The summed E-state index contributed by atoms with van der Waals surface area (Å²) in [6.45, 7) is 0.228. The van der Waals surface area contributed by atoms with Crippen molar-refractivity contribution in [2.75, 3.05) is 6.61 Å². The van der Waals surface area contributed by atoms with Gasteiger partial charge in [-0.3, -0.25) is 0 Å². The van der Waals surface area contributed by atoms with Crippen LogP contribution in [0.5, 0.6) is 0 Å². The van der Waals surface area contributed by atoms with Crippen molar-refractivity contribution in [1.82, 2.24) is 4.90 Å². The van der Waals surface area contributed by atoms with Crippen molar-refractivity contribution in [3.8, 4) is 11.1 Å². The van der Waals surface area contributed by atoms with Gasteiger partial charge in [0.05, 0.1) is 5.60 Å². The smallest absolute Gasteiger partial charge is 0.410 e. The fourth-order valence-corrected chi connectivity index (χ4v) is 6.47. The first-order valence-corrected chi connectivity index (χ1v) is 12.3. The highest BCUT2D eigenvalue weighted by atomic mass is 19.1. The normalized spacial score (nSPS) is 25.2. The van der Waals surface area contributed by atoms with Crippen molar-refractivity contribution in [2.45, 2.75) is 55.7 Å². The molecule has 180 valence electrons. The quantitative estimate of drug-likeness (QED) is 0.497. The molecule has 3 aliphatic rings. The number of hydrogen-bond acceptors (Lipinski definition) is 3. The first-order valence-electron chi connectivity index (χ1n) is 12.3. The van der Waals surface area contributed by atoms with Crippen LogP contribution in [0.25, 0.3) is 11.1 Å². The van der Waals surface area contributed by atoms with Gasteiger partial charge in [-0.05, 0) is 59.7 Å². The van der Waals surface area contributed by atoms with Crippen LogP contribution >= 0.6 is 0 Å². The van der Waals surface area contributed by atoms with Crippen LogP contribution in [0.2, 0.25) is 0 Å². The summed E-state index contributed by atoms with van der Waals surface area (Å²) < 4.78 is 34.3. The highest BCUT2D eigenvalue weighted by Gasteiger charge is 2.49. The first-order chi connectivity index (χ1) is 16.9. The molecule has 2 fully saturated rings. The van der Waals surface area contributed by atoms with E-state index in [1.807, 2.05) is 24.3 Å². The predicted molar refractivity (Wildman–Crippen MR) is 128 cm³/mol. The lowest BCUT2D eigenvalue weighted by atomic mass is 9.72. The first kappa shape index (κ1) is 22.2. The topological polar surface area (TPSA) is 49.8 Å². The number of benzene rings is 3. The van der Waals surface area contributed by atoms with Crippen molar-refractivity contribution in [3.05, 3.63) is 95.1 Å². The van der Waals surface area contributed by atoms with E-state index in [9.17, 15) is 18.7 Å². The Morgan fingerprint density at radius 1 is 0.943 bits per heavy atom. The maximum Gasteiger partial charge on any atom is 0.410 e. The molecule has 6 rings (SSSR count). The summed E-state index contributed by atoms with van der Waals surface area (Å²) in [6.07, 6.45) is 2.23. The van der Waals surface area contributed by atoms with Gasteiger partial charge in [0, 0.05) is 36.4 Å². The van der Waals surface area contributed by atoms with Gasteiger partial charge in [-0.2, -0.15) is 0 Å². The standard InChI is InChI=1S/C29H27F2NO3/c30-18-12-13-27(31)26(14-18)29(34)15-19-6-5-7-20(16-29)32(19)28(33)35-17-25-23-10-3-1-8-21(23)22-9-2-4-11-24(22)25/h1-4,8-14,19-20,25,34H,5-7,15-17H2. The Kier molecular flexibility index (Phi) is 5.37. The van der Waals surface area contributed by atoms with Gasteiger partial charge in [0.25, 0.3) is 0 Å². The second-order valence-electron chi connectivity index (χ2n) is 10.0. The summed E-state index contributed by atoms with van der Waals surface area (Å²) in [5.41, 5.74) is 3.10. The molecular formula is C29H27F2NO3. The maximum atomic E-state index is 14.5. The Hall–Kier alpha value is -3.25. The molecule has 2 saturated heterocycles. The lowest BCUT2D eigenvalue weighted by Crippen LogP contribution is -2.59. The summed E-state index contributed by atoms with van der Waals surface area (Å²) in [5.74, 6) is -1.24. The van der Waals surface area contributed by atoms with Crippen LogP contribution in [0.15, 0.2) is 66.7 Å². The van der Waals surface area contributed by atoms with E-state index in [1.54, 1.807) is 4.90 Å². The van der Waals surface area contributed by atoms with Gasteiger partial charge in [0.2, 0.25) is 0 Å². The molecule has 6 heteroatoms. The molecule has 1 N–H and O–H groups in total. The van der Waals surface area contributed by atoms with E-state index >= 15 is 0 Å². The molecule has 0 saturated carbocycles. The number of fused-ring (bicyclic) bond motifs is 5. The van der Waals surface area contributed by atoms with Gasteiger partial charge in [0.1, 0.15) is 18.2 Å². The number of carbonyl (C=O) groups excluding carboxylic acids is 1. The number of carbonyl (C=O) groups is 1. The lowest BCUT2D eigenvalue weighted by Gasteiger charge is -2.51. The van der Waals surface area contributed by atoms with E-state index in [4.69, 9.17) is 4.74 Å². The molecular weight excluding hydrogens is 448 g/mol. The molecule has 35 heavy (non-hydrogen) atoms. The highest BCUT2D eigenvalue weighted by Crippen LogP contribution is 2.47. The minimum atomic E-state index is -1.51. The third kappa shape index (κ3) is 3.71. The molecule has 2 unspecified atom stereocenters. The Morgan fingerprint density at radius 2 is 1.54 bits per heavy atom. The van der Waals surface area contributed by atoms with E-state index in [-0.39, 0.29) is 43.0 Å². The van der Waals surface area contributed by atoms with Gasteiger partial charge >= 0.3 is 6.09 Å². The van der Waals surface area contributed by atoms with Crippen molar-refractivity contribution in [1.29, 1.82) is 0 Å². The fourth-order valence-electron chi connectivity index (χ4n) is 6.47. The van der Waals surface area contributed by atoms with Crippen molar-refractivity contribution in [2.24, 2.45) is 0 Å². The molecule has 3 aromatic rings. The molecule has 0 radical (unpaired) electrons. The predicted octanol–water partition coefficient (Wildman–Crippen LogP) is 6.12. The van der Waals surface area contributed by atoms with Crippen LogP contribution in [-0.4, -0.2) is 34.8 Å². The number of hydrogen-bond donors (Lipinski definition) is 1. The summed E-state index contributed by atoms with van der Waals surface area (Å²) in [5, 5.41) is 11.4. The number of halogens is 2. The molecule has 2 atom stereocenters. The highest BCUT2D eigenvalue weighted by molar-refractivity contribution is 5.79. The van der Waals surface area contributed by atoms with Crippen molar-refractivity contribution >= 4 is 6.09 Å². The van der Waals surface area contributed by atoms with Crippen LogP contribution in [-0.2, 0) is 10.3 Å². The lowest BCUT2D eigenvalue weighted by molar-refractivity contribution is -0.0907. The van der Waals surface area contributed by atoms with E-state index in [0.717, 1.165) is 35.7 Å². The number of piperidine rings is 2. The van der Waals surface area contributed by atoms with Gasteiger partial charge in [0.15, 0.2) is 0 Å². The average molecular weight is 476 g/mol. The van der Waals surface area contributed by atoms with Crippen molar-refractivity contribution in [3.63, 3.8) is 0 Å². The second-order valence-corrected chi connectivity index (χ2v) is 10.0. The zero-order valence-electron chi connectivity index (χ0n) is 19.3. The van der Waals surface area contributed by atoms with Gasteiger partial charge in [-0.15, -0.1) is 0 Å². The minimum absolute atomic E-state index is 0.0263. The van der Waals surface area contributed by atoms with Crippen LogP contribution in [0.4, 0.5) is 13.6 Å². The van der Waals surface area contributed by atoms with Crippen LogP contribution < -0.4 is 0 Å². The number of ether oxygens (including phenoxy) is 1. The molecule has 0 aromatic heterocycles. The molecule has 3 aromatic carbocycles. The summed E-state index contributed by atoms with van der Waals surface area (Å²) in [7, 11) is 0. The monoisotopic (exact) mass is 475 g/mol. The van der Waals surface area contributed by atoms with Gasteiger partial charge in [-0.1, -0.05) is 48.5 Å². The Labute approximate surface area is 203 Å². The number of nitrogens with zero attached hydrogens (tertiary/aromatic N) is 1. The molecule has 0 spiro atoms. The largest absolute Gasteiger partial charge is 0.448 e. The van der Waals surface area contributed by atoms with E-state index in [1.165, 1.54) is 11.1 Å². The zero-order valence-corrected chi connectivity index (χ0v) is 19.3. The molecule has 2 heterocycles. The van der Waals surface area contributed by atoms with Gasteiger partial charge in [-0.25, -0.2) is 13.6 Å². The summed E-state index contributed by atoms with van der Waals surface area (Å²) in [6, 6.07) is 19.0. The Morgan fingerprint density at radius 3 is 2.17 bits per heavy atom. The van der Waals surface area contributed by atoms with Crippen LogP contribution in [0.3, 0.4) is 0 Å². The molecule has 2 bridgehead atoms. The van der Waals surface area contributed by atoms with Crippen molar-refractivity contribution < 1.29 is 23.4 Å². The third-order valence-electron chi connectivity index (χ3n) is 7.98. The van der Waals surface area contributed by atoms with Crippen LogP contribution in [0.1, 0.15) is 54.7 Å². The minimum Gasteiger partial charge on any atom is -0.448 e. The summed E-state index contributed by atoms with van der Waals surface area (Å²) in [4.78, 5) is 15.1. The van der Waals surface area contributed by atoms with Gasteiger partial charge < -0.3 is 14.7 Å². The Bertz CT molecular complexity index is 1230. The average Bonchev–Trinajstić information content (AvgIpc) is 3.17. The van der Waals surface area contributed by atoms with E-state index in [2.05, 4.69) is 24.3 Å².